The lowest BCUT2D eigenvalue weighted by atomic mass is 10.3. The monoisotopic (exact) mass is 227 g/mol. The predicted octanol–water partition coefficient (Wildman–Crippen LogP) is 2.73. The molecule has 0 aliphatic heterocycles. The average molecular weight is 227 g/mol. The Kier molecular flexibility index (Phi) is 6.92. The second kappa shape index (κ2) is 7.06. The standard InChI is InChI=1S/C10H20F3NO/c1-4-5-6-14-7-8(2)15-9(3)10(11,12)13/h8-9,14H,4-7H2,1-3H3. The minimum Gasteiger partial charge on any atom is -0.365 e. The zero-order valence-electron chi connectivity index (χ0n) is 9.53. The molecule has 2 atom stereocenters. The van der Waals surface area contributed by atoms with Crippen LogP contribution in [0.15, 0.2) is 0 Å². The van der Waals surface area contributed by atoms with Gasteiger partial charge in [0.2, 0.25) is 0 Å². The third kappa shape index (κ3) is 7.62. The Labute approximate surface area is 89.2 Å². The van der Waals surface area contributed by atoms with Gasteiger partial charge in [0.1, 0.15) is 0 Å². The fourth-order valence-electron chi connectivity index (χ4n) is 1.08. The van der Waals surface area contributed by atoms with Gasteiger partial charge in [-0.1, -0.05) is 13.3 Å². The molecule has 0 aromatic carbocycles. The quantitative estimate of drug-likeness (QED) is 0.675. The highest BCUT2D eigenvalue weighted by atomic mass is 19.4. The van der Waals surface area contributed by atoms with Gasteiger partial charge in [-0.05, 0) is 26.8 Å². The number of hydrogen-bond acceptors (Lipinski definition) is 2. The van der Waals surface area contributed by atoms with E-state index in [-0.39, 0.29) is 0 Å². The van der Waals surface area contributed by atoms with Crippen LogP contribution in [0.25, 0.3) is 0 Å². The highest BCUT2D eigenvalue weighted by molar-refractivity contribution is 4.65. The Morgan fingerprint density at radius 2 is 1.87 bits per heavy atom. The van der Waals surface area contributed by atoms with Gasteiger partial charge >= 0.3 is 6.18 Å². The predicted molar refractivity (Wildman–Crippen MR) is 53.8 cm³/mol. The number of ether oxygens (including phenoxy) is 1. The Morgan fingerprint density at radius 3 is 2.33 bits per heavy atom. The van der Waals surface area contributed by atoms with E-state index in [9.17, 15) is 13.2 Å². The number of unbranched alkanes of at least 4 members (excludes halogenated alkanes) is 1. The van der Waals surface area contributed by atoms with E-state index in [1.165, 1.54) is 0 Å². The van der Waals surface area contributed by atoms with E-state index in [0.717, 1.165) is 26.3 Å². The van der Waals surface area contributed by atoms with Crippen molar-refractivity contribution in [2.45, 2.75) is 52.0 Å². The molecule has 2 unspecified atom stereocenters. The molecule has 2 nitrogen and oxygen atoms in total. The minimum atomic E-state index is -4.27. The van der Waals surface area contributed by atoms with Gasteiger partial charge in [0, 0.05) is 6.54 Å². The molecular formula is C10H20F3NO. The molecule has 0 radical (unpaired) electrons. The van der Waals surface area contributed by atoms with E-state index < -0.39 is 18.4 Å². The van der Waals surface area contributed by atoms with Crippen LogP contribution in [0.5, 0.6) is 0 Å². The Balaban J connectivity index is 3.60. The van der Waals surface area contributed by atoms with Crippen molar-refractivity contribution in [3.63, 3.8) is 0 Å². The largest absolute Gasteiger partial charge is 0.414 e. The lowest BCUT2D eigenvalue weighted by molar-refractivity contribution is -0.224. The van der Waals surface area contributed by atoms with Crippen LogP contribution in [0.4, 0.5) is 13.2 Å². The zero-order valence-corrected chi connectivity index (χ0v) is 9.53. The van der Waals surface area contributed by atoms with E-state index in [4.69, 9.17) is 4.74 Å². The first-order chi connectivity index (χ1) is 6.88. The molecule has 15 heavy (non-hydrogen) atoms. The van der Waals surface area contributed by atoms with Crippen molar-refractivity contribution in [3.8, 4) is 0 Å². The van der Waals surface area contributed by atoms with Crippen molar-refractivity contribution in [1.29, 1.82) is 0 Å². The summed E-state index contributed by atoms with van der Waals surface area (Å²) in [7, 11) is 0. The summed E-state index contributed by atoms with van der Waals surface area (Å²) in [6, 6.07) is 0. The number of hydrogen-bond donors (Lipinski definition) is 1. The molecule has 0 fully saturated rings. The van der Waals surface area contributed by atoms with Crippen molar-refractivity contribution in [1.82, 2.24) is 5.32 Å². The molecule has 0 aliphatic rings. The molecule has 1 N–H and O–H groups in total. The first-order valence-electron chi connectivity index (χ1n) is 5.30. The van der Waals surface area contributed by atoms with Crippen LogP contribution in [0.3, 0.4) is 0 Å². The van der Waals surface area contributed by atoms with Crippen LogP contribution in [0.1, 0.15) is 33.6 Å². The van der Waals surface area contributed by atoms with Crippen molar-refractivity contribution in [2.75, 3.05) is 13.1 Å². The maximum atomic E-state index is 12.1. The number of halogens is 3. The third-order valence-corrected chi connectivity index (χ3v) is 2.04. The van der Waals surface area contributed by atoms with E-state index in [1.807, 2.05) is 0 Å². The molecule has 0 amide bonds. The first kappa shape index (κ1) is 14.7. The van der Waals surface area contributed by atoms with Gasteiger partial charge in [0.05, 0.1) is 6.10 Å². The first-order valence-corrected chi connectivity index (χ1v) is 5.30. The van der Waals surface area contributed by atoms with Crippen molar-refractivity contribution in [2.24, 2.45) is 0 Å². The van der Waals surface area contributed by atoms with Gasteiger partial charge in [-0.2, -0.15) is 13.2 Å². The Morgan fingerprint density at radius 1 is 1.27 bits per heavy atom. The Hall–Kier alpha value is -0.290. The molecule has 0 rings (SSSR count). The van der Waals surface area contributed by atoms with E-state index in [2.05, 4.69) is 12.2 Å². The van der Waals surface area contributed by atoms with E-state index >= 15 is 0 Å². The fraction of sp³-hybridized carbons (Fsp3) is 1.00. The molecule has 0 aliphatic carbocycles. The summed E-state index contributed by atoms with van der Waals surface area (Å²) in [6.07, 6.45) is -4.28. The Bertz CT molecular complexity index is 161. The third-order valence-electron chi connectivity index (χ3n) is 2.04. The van der Waals surface area contributed by atoms with Crippen LogP contribution in [0, 0.1) is 0 Å². The summed E-state index contributed by atoms with van der Waals surface area (Å²) in [4.78, 5) is 0. The average Bonchev–Trinajstić information content (AvgIpc) is 2.11. The maximum absolute atomic E-state index is 12.1. The number of nitrogens with one attached hydrogen (secondary N) is 1. The van der Waals surface area contributed by atoms with Crippen molar-refractivity contribution < 1.29 is 17.9 Å². The summed E-state index contributed by atoms with van der Waals surface area (Å²) in [5, 5.41) is 3.05. The number of alkyl halides is 3. The normalized spacial score (nSPS) is 16.4. The lowest BCUT2D eigenvalue weighted by Crippen LogP contribution is -2.36. The molecule has 0 saturated heterocycles. The molecule has 5 heteroatoms. The topological polar surface area (TPSA) is 21.3 Å². The second-order valence-corrected chi connectivity index (χ2v) is 3.69. The molecule has 92 valence electrons. The summed E-state index contributed by atoms with van der Waals surface area (Å²) in [5.41, 5.74) is 0. The summed E-state index contributed by atoms with van der Waals surface area (Å²) in [5.74, 6) is 0. The van der Waals surface area contributed by atoms with Crippen LogP contribution >= 0.6 is 0 Å². The van der Waals surface area contributed by atoms with Crippen molar-refractivity contribution in [3.05, 3.63) is 0 Å². The van der Waals surface area contributed by atoms with E-state index in [1.54, 1.807) is 6.92 Å². The maximum Gasteiger partial charge on any atom is 0.414 e. The molecular weight excluding hydrogens is 207 g/mol. The van der Waals surface area contributed by atoms with Gasteiger partial charge in [0.15, 0.2) is 6.10 Å². The van der Waals surface area contributed by atoms with Crippen LogP contribution < -0.4 is 5.32 Å². The minimum absolute atomic E-state index is 0.418. The summed E-state index contributed by atoms with van der Waals surface area (Å²) >= 11 is 0. The molecule has 0 aromatic heterocycles. The lowest BCUT2D eigenvalue weighted by Gasteiger charge is -2.21. The smallest absolute Gasteiger partial charge is 0.365 e. The molecule has 0 bridgehead atoms. The van der Waals surface area contributed by atoms with Crippen LogP contribution in [-0.4, -0.2) is 31.5 Å². The van der Waals surface area contributed by atoms with Gasteiger partial charge in [0.25, 0.3) is 0 Å². The second-order valence-electron chi connectivity index (χ2n) is 3.69. The number of rotatable bonds is 7. The molecule has 0 heterocycles. The fourth-order valence-corrected chi connectivity index (χ4v) is 1.08. The van der Waals surface area contributed by atoms with Gasteiger partial charge in [-0.25, -0.2) is 0 Å². The van der Waals surface area contributed by atoms with Crippen LogP contribution in [0.2, 0.25) is 0 Å². The molecule has 0 aromatic rings. The van der Waals surface area contributed by atoms with Gasteiger partial charge in [-0.15, -0.1) is 0 Å². The molecule has 0 spiro atoms. The van der Waals surface area contributed by atoms with Gasteiger partial charge < -0.3 is 10.1 Å². The highest BCUT2D eigenvalue weighted by Crippen LogP contribution is 2.23. The zero-order chi connectivity index (χ0) is 11.9. The van der Waals surface area contributed by atoms with Crippen molar-refractivity contribution >= 4 is 0 Å². The van der Waals surface area contributed by atoms with Gasteiger partial charge in [-0.3, -0.25) is 0 Å². The van der Waals surface area contributed by atoms with E-state index in [0.29, 0.717) is 6.54 Å². The summed E-state index contributed by atoms with van der Waals surface area (Å²) in [6.45, 7) is 6.02. The summed E-state index contributed by atoms with van der Waals surface area (Å²) < 4.78 is 41.1. The SMILES string of the molecule is CCCCNCC(C)OC(C)C(F)(F)F. The molecule has 0 saturated carbocycles. The van der Waals surface area contributed by atoms with Crippen LogP contribution in [-0.2, 0) is 4.74 Å². The highest BCUT2D eigenvalue weighted by Gasteiger charge is 2.37.